The van der Waals surface area contributed by atoms with E-state index in [2.05, 4.69) is 71.4 Å². The first-order chi connectivity index (χ1) is 16.2. The molecular formula is C28H35N5. The van der Waals surface area contributed by atoms with Crippen LogP contribution in [0.15, 0.2) is 61.1 Å². The molecule has 0 N–H and O–H groups in total. The molecule has 1 aliphatic carbocycles. The number of benzene rings is 1. The monoisotopic (exact) mass is 441 g/mol. The predicted octanol–water partition coefficient (Wildman–Crippen LogP) is 4.83. The molecule has 0 bridgehead atoms. The maximum atomic E-state index is 5.38. The third-order valence-corrected chi connectivity index (χ3v) is 7.65. The van der Waals surface area contributed by atoms with Gasteiger partial charge in [-0.2, -0.15) is 0 Å². The van der Waals surface area contributed by atoms with E-state index in [0.29, 0.717) is 5.92 Å². The molecule has 1 aliphatic heterocycles. The topological polar surface area (TPSA) is 45.2 Å². The van der Waals surface area contributed by atoms with Crippen molar-refractivity contribution in [3.05, 3.63) is 83.4 Å². The largest absolute Gasteiger partial charge is 0.338 e. The van der Waals surface area contributed by atoms with Gasteiger partial charge in [-0.25, -0.2) is 9.97 Å². The van der Waals surface area contributed by atoms with Crippen molar-refractivity contribution in [1.82, 2.24) is 19.9 Å². The van der Waals surface area contributed by atoms with Gasteiger partial charge in [-0.1, -0.05) is 56.2 Å². The fourth-order valence-electron chi connectivity index (χ4n) is 5.63. The van der Waals surface area contributed by atoms with Crippen LogP contribution in [-0.2, 0) is 11.8 Å². The second-order valence-electron chi connectivity index (χ2n) is 9.88. The highest BCUT2D eigenvalue weighted by Crippen LogP contribution is 2.47. The Kier molecular flexibility index (Phi) is 6.41. The van der Waals surface area contributed by atoms with E-state index in [0.717, 1.165) is 51.4 Å². The molecule has 172 valence electrons. The van der Waals surface area contributed by atoms with E-state index in [1.165, 1.54) is 35.2 Å². The lowest BCUT2D eigenvalue weighted by Gasteiger charge is -2.35. The number of nitrogens with zero attached hydrogens (tertiary/aromatic N) is 5. The quantitative estimate of drug-likeness (QED) is 0.548. The first kappa shape index (κ1) is 22.0. The number of aromatic nitrogens is 3. The van der Waals surface area contributed by atoms with Crippen molar-refractivity contribution >= 4 is 5.95 Å². The number of likely N-dealkylation sites (N-methyl/N-ethyl adjacent to an activating group) is 1. The molecule has 2 aromatic heterocycles. The number of hydrogen-bond acceptors (Lipinski definition) is 5. The van der Waals surface area contributed by atoms with Crippen molar-refractivity contribution in [3.63, 3.8) is 0 Å². The summed E-state index contributed by atoms with van der Waals surface area (Å²) in [5, 5.41) is 0. The van der Waals surface area contributed by atoms with Gasteiger partial charge in [-0.15, -0.1) is 0 Å². The molecule has 0 spiro atoms. The Bertz CT molecular complexity index is 1040. The van der Waals surface area contributed by atoms with Gasteiger partial charge in [-0.3, -0.25) is 4.98 Å². The van der Waals surface area contributed by atoms with Crippen molar-refractivity contribution in [2.24, 2.45) is 0 Å². The molecule has 1 saturated carbocycles. The van der Waals surface area contributed by atoms with Gasteiger partial charge in [0.15, 0.2) is 0 Å². The van der Waals surface area contributed by atoms with E-state index in [9.17, 15) is 0 Å². The zero-order valence-electron chi connectivity index (χ0n) is 20.0. The van der Waals surface area contributed by atoms with E-state index >= 15 is 0 Å². The van der Waals surface area contributed by atoms with Crippen LogP contribution in [-0.4, -0.2) is 53.1 Å². The van der Waals surface area contributed by atoms with Crippen LogP contribution in [0.5, 0.6) is 0 Å². The Labute approximate surface area is 197 Å². The van der Waals surface area contributed by atoms with E-state index < -0.39 is 0 Å². The van der Waals surface area contributed by atoms with Crippen LogP contribution in [0.2, 0.25) is 0 Å². The van der Waals surface area contributed by atoms with Gasteiger partial charge in [-0.05, 0) is 55.0 Å². The molecular weight excluding hydrogens is 406 g/mol. The summed E-state index contributed by atoms with van der Waals surface area (Å²) in [6.45, 7) is 6.38. The molecule has 3 heterocycles. The van der Waals surface area contributed by atoms with Gasteiger partial charge in [0.05, 0.1) is 5.69 Å². The van der Waals surface area contributed by atoms with Crippen LogP contribution in [0.4, 0.5) is 5.95 Å². The van der Waals surface area contributed by atoms with Crippen molar-refractivity contribution < 1.29 is 0 Å². The molecule has 1 saturated heterocycles. The van der Waals surface area contributed by atoms with Crippen LogP contribution in [0.25, 0.3) is 0 Å². The summed E-state index contributed by atoms with van der Waals surface area (Å²) < 4.78 is 0. The molecule has 1 atom stereocenters. The van der Waals surface area contributed by atoms with Crippen LogP contribution >= 0.6 is 0 Å². The van der Waals surface area contributed by atoms with E-state index in [4.69, 9.17) is 9.97 Å². The van der Waals surface area contributed by atoms with Crippen LogP contribution in [0, 0.1) is 0 Å². The summed E-state index contributed by atoms with van der Waals surface area (Å²) in [5.74, 6) is 1.27. The Morgan fingerprint density at radius 3 is 2.39 bits per heavy atom. The molecule has 5 nitrogen and oxygen atoms in total. The Hall–Kier alpha value is -2.79. The van der Waals surface area contributed by atoms with Gasteiger partial charge in [0.25, 0.3) is 0 Å². The maximum absolute atomic E-state index is 5.38. The molecule has 0 amide bonds. The van der Waals surface area contributed by atoms with Crippen LogP contribution < -0.4 is 4.90 Å². The summed E-state index contributed by atoms with van der Waals surface area (Å²) in [5.41, 5.74) is 5.20. The third-order valence-electron chi connectivity index (χ3n) is 7.65. The van der Waals surface area contributed by atoms with Crippen molar-refractivity contribution in [2.45, 2.75) is 50.4 Å². The average Bonchev–Trinajstić information content (AvgIpc) is 3.37. The fraction of sp³-hybridized carbons (Fsp3) is 0.464. The molecule has 2 fully saturated rings. The highest BCUT2D eigenvalue weighted by atomic mass is 15.3. The van der Waals surface area contributed by atoms with E-state index in [1.807, 2.05) is 18.5 Å². The molecule has 33 heavy (non-hydrogen) atoms. The van der Waals surface area contributed by atoms with Crippen molar-refractivity contribution in [2.75, 3.05) is 38.1 Å². The van der Waals surface area contributed by atoms with Crippen molar-refractivity contribution in [1.29, 1.82) is 0 Å². The maximum Gasteiger partial charge on any atom is 0.225 e. The molecule has 3 aromatic rings. The predicted molar refractivity (Wildman–Crippen MR) is 134 cm³/mol. The SMILES string of the molecule is CC(Cc1cnc(N2CCN(C)CC2)nc1C1(c2ccccc2)CCCC1)c1cccnc1. The Morgan fingerprint density at radius 1 is 0.939 bits per heavy atom. The number of pyridine rings is 1. The minimum absolute atomic E-state index is 0.0183. The second-order valence-corrected chi connectivity index (χ2v) is 9.88. The minimum Gasteiger partial charge on any atom is -0.338 e. The lowest BCUT2D eigenvalue weighted by atomic mass is 9.73. The number of rotatable bonds is 6. The fourth-order valence-corrected chi connectivity index (χ4v) is 5.63. The summed E-state index contributed by atoms with van der Waals surface area (Å²) >= 11 is 0. The number of anilines is 1. The van der Waals surface area contributed by atoms with E-state index in [1.54, 1.807) is 0 Å². The van der Waals surface area contributed by atoms with Gasteiger partial charge in [0.1, 0.15) is 0 Å². The molecule has 5 rings (SSSR count). The smallest absolute Gasteiger partial charge is 0.225 e. The molecule has 1 unspecified atom stereocenters. The Morgan fingerprint density at radius 2 is 1.70 bits per heavy atom. The molecule has 2 aliphatic rings. The van der Waals surface area contributed by atoms with Gasteiger partial charge in [0, 0.05) is 50.2 Å². The minimum atomic E-state index is -0.0183. The van der Waals surface area contributed by atoms with Gasteiger partial charge < -0.3 is 9.80 Å². The third kappa shape index (κ3) is 4.51. The first-order valence-electron chi connectivity index (χ1n) is 12.4. The summed E-state index contributed by atoms with van der Waals surface area (Å²) in [6, 6.07) is 15.3. The highest BCUT2D eigenvalue weighted by Gasteiger charge is 2.41. The zero-order chi connectivity index (χ0) is 22.7. The summed E-state index contributed by atoms with van der Waals surface area (Å²) in [4.78, 5) is 19.4. The standard InChI is InChI=1S/C28H35N5/c1-22(23-9-8-14-29-20-23)19-24-21-30-27(33-17-15-32(2)16-18-33)31-26(24)28(12-6-7-13-28)25-10-4-3-5-11-25/h3-5,8-11,14,20-22H,6-7,12-13,15-19H2,1-2H3. The van der Waals surface area contributed by atoms with Crippen molar-refractivity contribution in [3.8, 4) is 0 Å². The number of piperazine rings is 1. The van der Waals surface area contributed by atoms with Crippen LogP contribution in [0.1, 0.15) is 60.9 Å². The first-order valence-corrected chi connectivity index (χ1v) is 12.4. The average molecular weight is 442 g/mol. The lowest BCUT2D eigenvalue weighted by molar-refractivity contribution is 0.311. The van der Waals surface area contributed by atoms with Crippen LogP contribution in [0.3, 0.4) is 0 Å². The van der Waals surface area contributed by atoms with E-state index in [-0.39, 0.29) is 5.41 Å². The number of hydrogen-bond donors (Lipinski definition) is 0. The van der Waals surface area contributed by atoms with Gasteiger partial charge >= 0.3 is 0 Å². The Balaban J connectivity index is 1.57. The normalized spacial score (nSPS) is 19.5. The molecule has 1 aromatic carbocycles. The highest BCUT2D eigenvalue weighted by molar-refractivity contribution is 5.45. The molecule has 5 heteroatoms. The zero-order valence-corrected chi connectivity index (χ0v) is 20.0. The summed E-state index contributed by atoms with van der Waals surface area (Å²) in [6.07, 6.45) is 11.7. The lowest BCUT2D eigenvalue weighted by Crippen LogP contribution is -2.45. The van der Waals surface area contributed by atoms with Gasteiger partial charge in [0.2, 0.25) is 5.95 Å². The second kappa shape index (κ2) is 9.60. The molecule has 0 radical (unpaired) electrons. The summed E-state index contributed by atoms with van der Waals surface area (Å²) in [7, 11) is 2.19.